The maximum atomic E-state index is 10.6. The number of hydrogen-bond donors (Lipinski definition) is 0. The molecule has 0 N–H and O–H groups in total. The largest absolute Gasteiger partial charge is 0.463 e. The summed E-state index contributed by atoms with van der Waals surface area (Å²) in [6.07, 6.45) is 8.47. The second-order valence-electron chi connectivity index (χ2n) is 3.14. The van der Waals surface area contributed by atoms with Gasteiger partial charge in [0.1, 0.15) is 6.79 Å². The van der Waals surface area contributed by atoms with Crippen LogP contribution in [-0.2, 0) is 14.3 Å². The van der Waals surface area contributed by atoms with Crippen molar-refractivity contribution in [3.63, 3.8) is 0 Å². The van der Waals surface area contributed by atoms with Crippen LogP contribution < -0.4 is 0 Å². The van der Waals surface area contributed by atoms with Gasteiger partial charge in [-0.15, -0.1) is 0 Å². The molecule has 3 heteroatoms. The molecule has 0 aromatic heterocycles. The van der Waals surface area contributed by atoms with Crippen molar-refractivity contribution in [2.45, 2.75) is 45.4 Å². The highest BCUT2D eigenvalue weighted by Gasteiger charge is 1.94. The van der Waals surface area contributed by atoms with E-state index in [1.165, 1.54) is 31.8 Å². The van der Waals surface area contributed by atoms with Crippen LogP contribution in [0.15, 0.2) is 12.7 Å². The molecule has 0 aliphatic rings. The molecule has 0 amide bonds. The lowest BCUT2D eigenvalue weighted by Gasteiger charge is -2.01. The lowest BCUT2D eigenvalue weighted by Crippen LogP contribution is -2.01. The minimum absolute atomic E-state index is 0.312. The zero-order valence-electron chi connectivity index (χ0n) is 9.67. The molecule has 0 aliphatic heterocycles. The van der Waals surface area contributed by atoms with Crippen molar-refractivity contribution in [1.29, 1.82) is 0 Å². The minimum Gasteiger partial charge on any atom is -0.463 e. The predicted octanol–water partition coefficient (Wildman–Crippen LogP) is 2.89. The molecule has 0 saturated heterocycles. The fourth-order valence-electron chi connectivity index (χ4n) is 1.11. The van der Waals surface area contributed by atoms with Gasteiger partial charge in [0.2, 0.25) is 0 Å². The van der Waals surface area contributed by atoms with E-state index in [0.717, 1.165) is 12.8 Å². The normalized spacial score (nSPS) is 8.60. The van der Waals surface area contributed by atoms with Gasteiger partial charge in [0.25, 0.3) is 0 Å². The molecule has 0 aliphatic carbocycles. The van der Waals surface area contributed by atoms with Gasteiger partial charge in [0, 0.05) is 6.08 Å². The van der Waals surface area contributed by atoms with Gasteiger partial charge in [-0.05, 0) is 6.42 Å². The van der Waals surface area contributed by atoms with Gasteiger partial charge >= 0.3 is 5.97 Å². The van der Waals surface area contributed by atoms with Crippen molar-refractivity contribution < 1.29 is 14.3 Å². The van der Waals surface area contributed by atoms with Crippen LogP contribution in [0.3, 0.4) is 0 Å². The Balaban J connectivity index is 0. The second-order valence-corrected chi connectivity index (χ2v) is 3.14. The average Bonchev–Trinajstić information content (AvgIpc) is 2.30. The smallest absolute Gasteiger partial charge is 0.330 e. The van der Waals surface area contributed by atoms with Gasteiger partial charge in [-0.25, -0.2) is 4.79 Å². The van der Waals surface area contributed by atoms with Crippen molar-refractivity contribution in [2.75, 3.05) is 6.61 Å². The third-order valence-electron chi connectivity index (χ3n) is 1.91. The maximum absolute atomic E-state index is 10.6. The van der Waals surface area contributed by atoms with Crippen molar-refractivity contribution >= 4 is 12.8 Å². The molecule has 0 rings (SSSR count). The summed E-state index contributed by atoms with van der Waals surface area (Å²) in [5.41, 5.74) is 0. The van der Waals surface area contributed by atoms with Gasteiger partial charge in [-0.1, -0.05) is 45.6 Å². The Morgan fingerprint density at radius 1 is 1.13 bits per heavy atom. The Hall–Kier alpha value is -1.12. The number of carbonyl (C=O) groups is 2. The first-order valence-electron chi connectivity index (χ1n) is 5.39. The molecule has 0 aromatic rings. The molecule has 3 nitrogen and oxygen atoms in total. The minimum atomic E-state index is -0.312. The molecule has 0 fully saturated rings. The Bertz CT molecular complexity index is 155. The van der Waals surface area contributed by atoms with Gasteiger partial charge < -0.3 is 9.53 Å². The highest BCUT2D eigenvalue weighted by atomic mass is 16.5. The number of ether oxygens (including phenoxy) is 1. The molecule has 15 heavy (non-hydrogen) atoms. The Morgan fingerprint density at radius 3 is 2.20 bits per heavy atom. The molecular formula is C12H22O3. The van der Waals surface area contributed by atoms with Crippen LogP contribution >= 0.6 is 0 Å². The van der Waals surface area contributed by atoms with Gasteiger partial charge in [0.05, 0.1) is 6.61 Å². The maximum Gasteiger partial charge on any atom is 0.330 e. The van der Waals surface area contributed by atoms with E-state index in [4.69, 9.17) is 9.53 Å². The molecular weight excluding hydrogens is 192 g/mol. The molecule has 0 atom stereocenters. The third kappa shape index (κ3) is 15.6. The van der Waals surface area contributed by atoms with E-state index in [2.05, 4.69) is 13.5 Å². The van der Waals surface area contributed by atoms with Gasteiger partial charge in [-0.2, -0.15) is 0 Å². The lowest BCUT2D eigenvalue weighted by molar-refractivity contribution is -0.137. The summed E-state index contributed by atoms with van der Waals surface area (Å²) >= 11 is 0. The van der Waals surface area contributed by atoms with Crippen molar-refractivity contribution in [2.24, 2.45) is 0 Å². The van der Waals surface area contributed by atoms with E-state index in [9.17, 15) is 4.79 Å². The molecule has 88 valence electrons. The lowest BCUT2D eigenvalue weighted by atomic mass is 10.1. The van der Waals surface area contributed by atoms with Crippen molar-refractivity contribution in [3.8, 4) is 0 Å². The van der Waals surface area contributed by atoms with Crippen LogP contribution in [0.25, 0.3) is 0 Å². The van der Waals surface area contributed by atoms with Crippen molar-refractivity contribution in [3.05, 3.63) is 12.7 Å². The van der Waals surface area contributed by atoms with Crippen LogP contribution in [0.2, 0.25) is 0 Å². The van der Waals surface area contributed by atoms with Crippen LogP contribution in [0.5, 0.6) is 0 Å². The van der Waals surface area contributed by atoms with Crippen LogP contribution in [-0.4, -0.2) is 19.4 Å². The summed E-state index contributed by atoms with van der Waals surface area (Å²) in [6.45, 7) is 8.06. The Kier molecular flexibility index (Phi) is 16.7. The molecule has 0 heterocycles. The molecule has 0 saturated carbocycles. The number of esters is 1. The summed E-state index contributed by atoms with van der Waals surface area (Å²) < 4.78 is 4.84. The molecule has 0 aromatic carbocycles. The highest BCUT2D eigenvalue weighted by Crippen LogP contribution is 2.04. The van der Waals surface area contributed by atoms with E-state index in [1.807, 2.05) is 6.79 Å². The summed E-state index contributed by atoms with van der Waals surface area (Å²) in [5.74, 6) is -0.312. The van der Waals surface area contributed by atoms with Crippen molar-refractivity contribution in [1.82, 2.24) is 0 Å². The van der Waals surface area contributed by atoms with Gasteiger partial charge in [-0.3, -0.25) is 0 Å². The van der Waals surface area contributed by atoms with E-state index in [-0.39, 0.29) is 5.97 Å². The quantitative estimate of drug-likeness (QED) is 0.354. The molecule has 0 spiro atoms. The number of unbranched alkanes of at least 4 members (excludes halogenated alkanes) is 5. The standard InChI is InChI=1S/C11H20O2.CH2O/c1-3-5-6-7-8-9-10-13-11(12)4-2;1-2/h4H,2-3,5-10H2,1H3;1H2. The second kappa shape index (κ2) is 15.4. The molecule has 0 unspecified atom stereocenters. The fourth-order valence-corrected chi connectivity index (χ4v) is 1.11. The zero-order chi connectivity index (χ0) is 11.9. The average molecular weight is 214 g/mol. The summed E-state index contributed by atoms with van der Waals surface area (Å²) in [5, 5.41) is 0. The monoisotopic (exact) mass is 214 g/mol. The third-order valence-corrected chi connectivity index (χ3v) is 1.91. The Morgan fingerprint density at radius 2 is 1.67 bits per heavy atom. The number of carbonyl (C=O) groups excluding carboxylic acids is 2. The van der Waals surface area contributed by atoms with Gasteiger partial charge in [0.15, 0.2) is 0 Å². The summed E-state index contributed by atoms with van der Waals surface area (Å²) in [6, 6.07) is 0. The Labute approximate surface area is 92.5 Å². The summed E-state index contributed by atoms with van der Waals surface area (Å²) in [4.78, 5) is 18.6. The van der Waals surface area contributed by atoms with Crippen LogP contribution in [0, 0.1) is 0 Å². The van der Waals surface area contributed by atoms with E-state index in [0.29, 0.717) is 6.61 Å². The predicted molar refractivity (Wildman–Crippen MR) is 61.7 cm³/mol. The SMILES string of the molecule is C=CC(=O)OCCCCCCCC.C=O. The van der Waals surface area contributed by atoms with Crippen LogP contribution in [0.4, 0.5) is 0 Å². The topological polar surface area (TPSA) is 43.4 Å². The van der Waals surface area contributed by atoms with E-state index in [1.54, 1.807) is 0 Å². The van der Waals surface area contributed by atoms with Crippen LogP contribution in [0.1, 0.15) is 45.4 Å². The fraction of sp³-hybridized carbons (Fsp3) is 0.667. The first kappa shape index (κ1) is 16.3. The molecule has 0 radical (unpaired) electrons. The number of hydrogen-bond acceptors (Lipinski definition) is 3. The van der Waals surface area contributed by atoms with E-state index >= 15 is 0 Å². The van der Waals surface area contributed by atoms with E-state index < -0.39 is 0 Å². The zero-order valence-corrected chi connectivity index (χ0v) is 9.67. The first-order valence-corrected chi connectivity index (χ1v) is 5.39. The first-order chi connectivity index (χ1) is 7.31. The molecule has 0 bridgehead atoms. The summed E-state index contributed by atoms with van der Waals surface area (Å²) in [7, 11) is 0. The highest BCUT2D eigenvalue weighted by molar-refractivity contribution is 5.81. The number of rotatable bonds is 8.